The molecule has 2 aromatic rings. The van der Waals surface area contributed by atoms with Gasteiger partial charge in [0.1, 0.15) is 23.1 Å². The van der Waals surface area contributed by atoms with Crippen LogP contribution >= 0.6 is 0 Å². The van der Waals surface area contributed by atoms with Gasteiger partial charge in [-0.15, -0.1) is 0 Å². The van der Waals surface area contributed by atoms with Crippen molar-refractivity contribution in [2.24, 2.45) is 0 Å². The SMILES string of the molecule is CCC(O)(c1cccc(F)c1)c1c(F)ccc(C)c1F. The van der Waals surface area contributed by atoms with Crippen LogP contribution in [0.25, 0.3) is 0 Å². The number of hydrogen-bond acceptors (Lipinski definition) is 1. The van der Waals surface area contributed by atoms with Crippen molar-refractivity contribution in [1.29, 1.82) is 0 Å². The first kappa shape index (κ1) is 14.6. The molecule has 2 aromatic carbocycles. The third-order valence-corrected chi connectivity index (χ3v) is 3.51. The fourth-order valence-corrected chi connectivity index (χ4v) is 2.31. The van der Waals surface area contributed by atoms with Gasteiger partial charge in [-0.25, -0.2) is 13.2 Å². The first-order valence-electron chi connectivity index (χ1n) is 6.33. The molecule has 0 spiro atoms. The van der Waals surface area contributed by atoms with E-state index in [-0.39, 0.29) is 17.5 Å². The first-order valence-corrected chi connectivity index (χ1v) is 6.33. The van der Waals surface area contributed by atoms with E-state index >= 15 is 0 Å². The smallest absolute Gasteiger partial charge is 0.135 e. The largest absolute Gasteiger partial charge is 0.380 e. The summed E-state index contributed by atoms with van der Waals surface area (Å²) in [5.41, 5.74) is -1.99. The van der Waals surface area contributed by atoms with E-state index in [0.29, 0.717) is 0 Å². The minimum Gasteiger partial charge on any atom is -0.380 e. The van der Waals surface area contributed by atoms with Crippen molar-refractivity contribution in [1.82, 2.24) is 0 Å². The molecule has 0 radical (unpaired) electrons. The lowest BCUT2D eigenvalue weighted by atomic mass is 9.82. The summed E-state index contributed by atoms with van der Waals surface area (Å²) in [5, 5.41) is 10.7. The highest BCUT2D eigenvalue weighted by atomic mass is 19.1. The fourth-order valence-electron chi connectivity index (χ4n) is 2.31. The van der Waals surface area contributed by atoms with Gasteiger partial charge in [0.15, 0.2) is 0 Å². The van der Waals surface area contributed by atoms with Crippen molar-refractivity contribution in [3.63, 3.8) is 0 Å². The Morgan fingerprint density at radius 1 is 1.10 bits per heavy atom. The van der Waals surface area contributed by atoms with Crippen LogP contribution in [0.4, 0.5) is 13.2 Å². The monoisotopic (exact) mass is 280 g/mol. The van der Waals surface area contributed by atoms with Crippen LogP contribution in [0, 0.1) is 24.4 Å². The van der Waals surface area contributed by atoms with E-state index in [1.165, 1.54) is 31.2 Å². The second kappa shape index (κ2) is 5.29. The number of hydrogen-bond donors (Lipinski definition) is 1. The molecule has 0 amide bonds. The van der Waals surface area contributed by atoms with Gasteiger partial charge < -0.3 is 5.11 Å². The molecular weight excluding hydrogens is 265 g/mol. The van der Waals surface area contributed by atoms with E-state index in [9.17, 15) is 18.3 Å². The summed E-state index contributed by atoms with van der Waals surface area (Å²) >= 11 is 0. The molecule has 0 saturated carbocycles. The number of rotatable bonds is 3. The van der Waals surface area contributed by atoms with Crippen LogP contribution in [0.5, 0.6) is 0 Å². The lowest BCUT2D eigenvalue weighted by molar-refractivity contribution is 0.0678. The molecule has 2 rings (SSSR count). The predicted octanol–water partition coefficient (Wildman–Crippen LogP) is 4.06. The molecule has 0 fully saturated rings. The molecule has 0 aliphatic rings. The zero-order chi connectivity index (χ0) is 14.9. The highest BCUT2D eigenvalue weighted by molar-refractivity contribution is 5.40. The normalized spacial score (nSPS) is 14.1. The summed E-state index contributed by atoms with van der Waals surface area (Å²) in [6.45, 7) is 3.08. The summed E-state index contributed by atoms with van der Waals surface area (Å²) < 4.78 is 41.6. The highest BCUT2D eigenvalue weighted by Crippen LogP contribution is 2.37. The zero-order valence-electron chi connectivity index (χ0n) is 11.3. The van der Waals surface area contributed by atoms with Gasteiger partial charge in [-0.2, -0.15) is 0 Å². The van der Waals surface area contributed by atoms with Crippen LogP contribution < -0.4 is 0 Å². The maximum absolute atomic E-state index is 14.2. The van der Waals surface area contributed by atoms with Gasteiger partial charge >= 0.3 is 0 Å². The van der Waals surface area contributed by atoms with E-state index in [1.807, 2.05) is 0 Å². The lowest BCUT2D eigenvalue weighted by Gasteiger charge is -2.29. The lowest BCUT2D eigenvalue weighted by Crippen LogP contribution is -2.29. The number of benzene rings is 2. The summed E-state index contributed by atoms with van der Waals surface area (Å²) in [7, 11) is 0. The minimum atomic E-state index is -1.90. The molecule has 1 unspecified atom stereocenters. The molecular formula is C16H15F3O. The Balaban J connectivity index is 2.71. The van der Waals surface area contributed by atoms with Gasteiger partial charge in [-0.05, 0) is 42.7 Å². The minimum absolute atomic E-state index is 0.0216. The van der Waals surface area contributed by atoms with Crippen molar-refractivity contribution >= 4 is 0 Å². The van der Waals surface area contributed by atoms with E-state index < -0.39 is 28.6 Å². The topological polar surface area (TPSA) is 20.2 Å². The maximum Gasteiger partial charge on any atom is 0.135 e. The molecule has 20 heavy (non-hydrogen) atoms. The Bertz CT molecular complexity index is 640. The van der Waals surface area contributed by atoms with Crippen LogP contribution in [-0.4, -0.2) is 5.11 Å². The Hall–Kier alpha value is -1.81. The van der Waals surface area contributed by atoms with Crippen LogP contribution in [0.1, 0.15) is 30.0 Å². The second-order valence-electron chi connectivity index (χ2n) is 4.78. The van der Waals surface area contributed by atoms with Crippen LogP contribution in [0.2, 0.25) is 0 Å². The number of aliphatic hydroxyl groups is 1. The van der Waals surface area contributed by atoms with Crippen LogP contribution in [0.15, 0.2) is 36.4 Å². The number of aryl methyl sites for hydroxylation is 1. The summed E-state index contributed by atoms with van der Waals surface area (Å²) in [4.78, 5) is 0. The Morgan fingerprint density at radius 2 is 1.80 bits per heavy atom. The van der Waals surface area contributed by atoms with Gasteiger partial charge in [0.05, 0.1) is 5.56 Å². The molecule has 0 aliphatic heterocycles. The van der Waals surface area contributed by atoms with Crippen molar-refractivity contribution in [3.05, 3.63) is 70.5 Å². The van der Waals surface area contributed by atoms with E-state index in [2.05, 4.69) is 0 Å². The standard InChI is InChI=1S/C16H15F3O/c1-3-16(20,11-5-4-6-12(17)9-11)14-13(18)8-7-10(2)15(14)19/h4-9,20H,3H2,1-2H3. The average molecular weight is 280 g/mol. The Kier molecular flexibility index (Phi) is 3.86. The summed E-state index contributed by atoms with van der Waals surface area (Å²) in [5.74, 6) is -2.22. The predicted molar refractivity (Wildman–Crippen MR) is 70.8 cm³/mol. The first-order chi connectivity index (χ1) is 9.40. The zero-order valence-corrected chi connectivity index (χ0v) is 11.3. The molecule has 4 heteroatoms. The van der Waals surface area contributed by atoms with Crippen LogP contribution in [-0.2, 0) is 5.60 Å². The molecule has 1 N–H and O–H groups in total. The average Bonchev–Trinajstić information content (AvgIpc) is 2.43. The maximum atomic E-state index is 14.2. The summed E-state index contributed by atoms with van der Waals surface area (Å²) in [6, 6.07) is 7.56. The van der Waals surface area contributed by atoms with Gasteiger partial charge in [0.25, 0.3) is 0 Å². The third kappa shape index (κ3) is 2.31. The van der Waals surface area contributed by atoms with Crippen molar-refractivity contribution in [2.75, 3.05) is 0 Å². The summed E-state index contributed by atoms with van der Waals surface area (Å²) in [6.07, 6.45) is 0.0216. The molecule has 0 aromatic heterocycles. The van der Waals surface area contributed by atoms with Gasteiger partial charge in [0.2, 0.25) is 0 Å². The molecule has 0 saturated heterocycles. The van der Waals surface area contributed by atoms with Gasteiger partial charge in [-0.3, -0.25) is 0 Å². The van der Waals surface area contributed by atoms with Gasteiger partial charge in [-0.1, -0.05) is 25.1 Å². The molecule has 1 atom stereocenters. The van der Waals surface area contributed by atoms with E-state index in [4.69, 9.17) is 0 Å². The molecule has 106 valence electrons. The fraction of sp³-hybridized carbons (Fsp3) is 0.250. The van der Waals surface area contributed by atoms with Crippen molar-refractivity contribution < 1.29 is 18.3 Å². The van der Waals surface area contributed by atoms with Crippen LogP contribution in [0.3, 0.4) is 0 Å². The second-order valence-corrected chi connectivity index (χ2v) is 4.78. The van der Waals surface area contributed by atoms with Crippen molar-refractivity contribution in [2.45, 2.75) is 25.9 Å². The van der Waals surface area contributed by atoms with Gasteiger partial charge in [0, 0.05) is 0 Å². The molecule has 0 heterocycles. The Labute approximate surface area is 115 Å². The molecule has 1 nitrogen and oxygen atoms in total. The molecule has 0 bridgehead atoms. The van der Waals surface area contributed by atoms with E-state index in [0.717, 1.165) is 12.1 Å². The quantitative estimate of drug-likeness (QED) is 0.899. The Morgan fingerprint density at radius 3 is 2.40 bits per heavy atom. The molecule has 0 aliphatic carbocycles. The third-order valence-electron chi connectivity index (χ3n) is 3.51. The van der Waals surface area contributed by atoms with E-state index in [1.54, 1.807) is 6.92 Å². The van der Waals surface area contributed by atoms with Crippen molar-refractivity contribution in [3.8, 4) is 0 Å². The number of halogens is 3. The highest BCUT2D eigenvalue weighted by Gasteiger charge is 2.36.